The summed E-state index contributed by atoms with van der Waals surface area (Å²) in [5, 5.41) is 17.4. The third kappa shape index (κ3) is 4.09. The largest absolute Gasteiger partial charge is 0.453 e. The first-order valence-corrected chi connectivity index (χ1v) is 7.48. The van der Waals surface area contributed by atoms with Gasteiger partial charge in [-0.1, -0.05) is 23.4 Å². The van der Waals surface area contributed by atoms with Crippen LogP contribution >= 0.6 is 23.4 Å². The molecule has 0 unspecified atom stereocenters. The van der Waals surface area contributed by atoms with Gasteiger partial charge in [0, 0.05) is 5.69 Å². The molecule has 0 aliphatic carbocycles. The molecule has 24 heavy (non-hydrogen) atoms. The van der Waals surface area contributed by atoms with Crippen LogP contribution in [-0.4, -0.2) is 26.5 Å². The van der Waals surface area contributed by atoms with Crippen molar-refractivity contribution in [3.63, 3.8) is 0 Å². The molecule has 1 aromatic heterocycles. The molecule has 0 fully saturated rings. The normalized spacial score (nSPS) is 11.1. The van der Waals surface area contributed by atoms with Crippen molar-refractivity contribution in [2.24, 2.45) is 0 Å². The number of amides is 1. The Morgan fingerprint density at radius 1 is 1.46 bits per heavy atom. The lowest BCUT2D eigenvalue weighted by Gasteiger charge is -2.07. The molecule has 1 amide bonds. The first-order valence-electron chi connectivity index (χ1n) is 6.12. The molecule has 0 saturated heterocycles. The van der Waals surface area contributed by atoms with Crippen molar-refractivity contribution in [2.75, 3.05) is 16.9 Å². The quantitative estimate of drug-likeness (QED) is 0.625. The van der Waals surface area contributed by atoms with Crippen LogP contribution in [0.5, 0.6) is 0 Å². The average Bonchev–Trinajstić information content (AvgIpc) is 2.86. The summed E-state index contributed by atoms with van der Waals surface area (Å²) in [7, 11) is 0. The molecular formula is C12H8ClF3N6OS. The smallest absolute Gasteiger partial charge is 0.335 e. The monoisotopic (exact) mass is 376 g/mol. The first kappa shape index (κ1) is 17.9. The maximum atomic E-state index is 12.5. The summed E-state index contributed by atoms with van der Waals surface area (Å²) >= 11 is 6.52. The minimum absolute atomic E-state index is 0.166. The molecule has 0 atom stereocenters. The second-order valence-electron chi connectivity index (χ2n) is 4.32. The number of nitrogens with zero attached hydrogens (tertiary/aromatic N) is 4. The Kier molecular flexibility index (Phi) is 5.20. The Labute approximate surface area is 142 Å². The van der Waals surface area contributed by atoms with Gasteiger partial charge < -0.3 is 11.2 Å². The van der Waals surface area contributed by atoms with E-state index in [-0.39, 0.29) is 26.2 Å². The number of nitriles is 1. The molecule has 1 heterocycles. The zero-order chi connectivity index (χ0) is 17.9. The summed E-state index contributed by atoms with van der Waals surface area (Å²) in [6, 6.07) is 6.16. The van der Waals surface area contributed by atoms with Crippen molar-refractivity contribution in [1.29, 1.82) is 5.26 Å². The molecular weight excluding hydrogens is 369 g/mol. The lowest BCUT2D eigenvalue weighted by atomic mass is 10.2. The van der Waals surface area contributed by atoms with E-state index < -0.39 is 17.9 Å². The minimum atomic E-state index is -4.73. The van der Waals surface area contributed by atoms with Crippen LogP contribution in [0.25, 0.3) is 0 Å². The zero-order valence-electron chi connectivity index (χ0n) is 11.6. The second-order valence-corrected chi connectivity index (χ2v) is 5.67. The van der Waals surface area contributed by atoms with E-state index in [1.54, 1.807) is 0 Å². The minimum Gasteiger partial charge on any atom is -0.335 e. The molecule has 7 nitrogen and oxygen atoms in total. The molecule has 0 spiro atoms. The summed E-state index contributed by atoms with van der Waals surface area (Å²) < 4.78 is 37.8. The SMILES string of the molecule is N#Cc1ccc(NC(=O)CSc2nnc(C(F)(F)F)n2N)cc1Cl. The number of nitrogen functional groups attached to an aromatic ring is 1. The average molecular weight is 377 g/mol. The predicted octanol–water partition coefficient (Wildman–Crippen LogP) is 2.27. The molecule has 12 heteroatoms. The van der Waals surface area contributed by atoms with E-state index in [4.69, 9.17) is 22.7 Å². The molecule has 2 aromatic rings. The molecule has 126 valence electrons. The lowest BCUT2D eigenvalue weighted by molar-refractivity contribution is -0.146. The van der Waals surface area contributed by atoms with E-state index in [1.807, 2.05) is 6.07 Å². The van der Waals surface area contributed by atoms with Gasteiger partial charge in [-0.25, -0.2) is 4.68 Å². The van der Waals surface area contributed by atoms with E-state index >= 15 is 0 Å². The Morgan fingerprint density at radius 3 is 2.71 bits per heavy atom. The number of carbonyl (C=O) groups is 1. The molecule has 0 aliphatic heterocycles. The molecule has 1 aromatic carbocycles. The van der Waals surface area contributed by atoms with Gasteiger partial charge in [-0.2, -0.15) is 18.4 Å². The van der Waals surface area contributed by atoms with Crippen molar-refractivity contribution in [1.82, 2.24) is 14.9 Å². The first-order chi connectivity index (χ1) is 11.2. The fourth-order valence-corrected chi connectivity index (χ4v) is 2.46. The van der Waals surface area contributed by atoms with Gasteiger partial charge in [-0.3, -0.25) is 4.79 Å². The number of aromatic nitrogens is 3. The number of thioether (sulfide) groups is 1. The highest BCUT2D eigenvalue weighted by Gasteiger charge is 2.38. The summed E-state index contributed by atoms with van der Waals surface area (Å²) in [5.74, 6) is 3.13. The van der Waals surface area contributed by atoms with Crippen LogP contribution in [-0.2, 0) is 11.0 Å². The number of carbonyl (C=O) groups excluding carboxylic acids is 1. The third-order valence-electron chi connectivity index (χ3n) is 2.62. The van der Waals surface area contributed by atoms with Crippen molar-refractivity contribution in [2.45, 2.75) is 11.3 Å². The molecule has 2 rings (SSSR count). The maximum Gasteiger partial charge on any atom is 0.453 e. The van der Waals surface area contributed by atoms with E-state index in [0.29, 0.717) is 17.4 Å². The van der Waals surface area contributed by atoms with Gasteiger partial charge in [0.2, 0.25) is 11.1 Å². The Hall–Kier alpha value is -2.45. The fraction of sp³-hybridized carbons (Fsp3) is 0.167. The van der Waals surface area contributed by atoms with Crippen molar-refractivity contribution < 1.29 is 18.0 Å². The van der Waals surface area contributed by atoms with E-state index in [9.17, 15) is 18.0 Å². The van der Waals surface area contributed by atoms with Gasteiger partial charge >= 0.3 is 6.18 Å². The fourth-order valence-electron chi connectivity index (χ4n) is 1.58. The molecule has 0 radical (unpaired) electrons. The van der Waals surface area contributed by atoms with Crippen LogP contribution in [0.3, 0.4) is 0 Å². The van der Waals surface area contributed by atoms with Crippen LogP contribution in [0, 0.1) is 11.3 Å². The number of benzene rings is 1. The molecule has 3 N–H and O–H groups in total. The van der Waals surface area contributed by atoms with Gasteiger partial charge in [0.15, 0.2) is 0 Å². The third-order valence-corrected chi connectivity index (χ3v) is 3.88. The van der Waals surface area contributed by atoms with Crippen molar-refractivity contribution in [3.05, 3.63) is 34.6 Å². The lowest BCUT2D eigenvalue weighted by Crippen LogP contribution is -2.22. The van der Waals surface area contributed by atoms with E-state index in [2.05, 4.69) is 15.5 Å². The zero-order valence-corrected chi connectivity index (χ0v) is 13.2. The highest BCUT2D eigenvalue weighted by atomic mass is 35.5. The highest BCUT2D eigenvalue weighted by Crippen LogP contribution is 2.29. The Bertz CT molecular complexity index is 816. The number of rotatable bonds is 4. The number of alkyl halides is 3. The summed E-state index contributed by atoms with van der Waals surface area (Å²) in [4.78, 5) is 11.8. The van der Waals surface area contributed by atoms with Crippen molar-refractivity contribution in [3.8, 4) is 6.07 Å². The Morgan fingerprint density at radius 2 is 2.17 bits per heavy atom. The van der Waals surface area contributed by atoms with Gasteiger partial charge in [0.05, 0.1) is 16.3 Å². The van der Waals surface area contributed by atoms with Crippen LogP contribution in [0.1, 0.15) is 11.4 Å². The van der Waals surface area contributed by atoms with Crippen molar-refractivity contribution >= 4 is 35.0 Å². The number of nitrogens with one attached hydrogen (secondary N) is 1. The maximum absolute atomic E-state index is 12.5. The molecule has 0 saturated carbocycles. The van der Waals surface area contributed by atoms with Gasteiger partial charge in [-0.15, -0.1) is 10.2 Å². The summed E-state index contributed by atoms with van der Waals surface area (Å²) in [5.41, 5.74) is 0.592. The van der Waals surface area contributed by atoms with E-state index in [1.165, 1.54) is 18.2 Å². The second kappa shape index (κ2) is 6.98. The van der Waals surface area contributed by atoms with Crippen LogP contribution in [0.4, 0.5) is 18.9 Å². The predicted molar refractivity (Wildman–Crippen MR) is 80.7 cm³/mol. The molecule has 0 bridgehead atoms. The summed E-state index contributed by atoms with van der Waals surface area (Å²) in [6.07, 6.45) is -4.73. The number of hydrogen-bond acceptors (Lipinski definition) is 6. The number of hydrogen-bond donors (Lipinski definition) is 2. The van der Waals surface area contributed by atoms with Crippen LogP contribution in [0.2, 0.25) is 5.02 Å². The van der Waals surface area contributed by atoms with Gasteiger partial charge in [0.1, 0.15) is 6.07 Å². The Balaban J connectivity index is 1.98. The standard InChI is InChI=1S/C12H8ClF3N6OS/c13-8-3-7(2-1-6(8)4-17)19-9(23)5-24-11-21-20-10(22(11)18)12(14,15)16/h1-3H,5,18H2,(H,19,23). The number of anilines is 1. The number of nitrogens with two attached hydrogens (primary N) is 1. The number of halogens is 4. The van der Waals surface area contributed by atoms with Gasteiger partial charge in [0.25, 0.3) is 5.82 Å². The van der Waals surface area contributed by atoms with Crippen LogP contribution < -0.4 is 11.2 Å². The molecule has 0 aliphatic rings. The van der Waals surface area contributed by atoms with Gasteiger partial charge in [-0.05, 0) is 18.2 Å². The van der Waals surface area contributed by atoms with Crippen LogP contribution in [0.15, 0.2) is 23.4 Å². The van der Waals surface area contributed by atoms with E-state index in [0.717, 1.165) is 0 Å². The topological polar surface area (TPSA) is 110 Å². The highest BCUT2D eigenvalue weighted by molar-refractivity contribution is 7.99. The summed E-state index contributed by atoms with van der Waals surface area (Å²) in [6.45, 7) is 0.